The van der Waals surface area contributed by atoms with Gasteiger partial charge in [-0.15, -0.1) is 34.3 Å². The van der Waals surface area contributed by atoms with E-state index in [1.54, 1.807) is 41.3 Å². The highest BCUT2D eigenvalue weighted by Crippen LogP contribution is 2.28. The maximum Gasteiger partial charge on any atom is 0.332 e. The molecule has 2 fully saturated rings. The third-order valence-corrected chi connectivity index (χ3v) is 13.1. The summed E-state index contributed by atoms with van der Waals surface area (Å²) >= 11 is 8.64. The first kappa shape index (κ1) is 44.2. The van der Waals surface area contributed by atoms with Gasteiger partial charge >= 0.3 is 11.4 Å². The molecule has 0 unspecified atom stereocenters. The Labute approximate surface area is 356 Å². The predicted octanol–water partition coefficient (Wildman–Crippen LogP) is 6.91. The van der Waals surface area contributed by atoms with Gasteiger partial charge in [-0.2, -0.15) is 9.98 Å². The molecule has 0 atom stereocenters. The summed E-state index contributed by atoms with van der Waals surface area (Å²) in [6.07, 6.45) is 12.9. The minimum atomic E-state index is -0.335. The molecule has 59 heavy (non-hydrogen) atoms. The lowest BCUT2D eigenvalue weighted by Gasteiger charge is -2.13. The highest BCUT2D eigenvalue weighted by Gasteiger charge is 2.28. The Kier molecular flexibility index (Phi) is 15.2. The number of unbranched alkanes of at least 4 members (excludes halogenated alkanes) is 2. The molecule has 0 spiro atoms. The van der Waals surface area contributed by atoms with Crippen LogP contribution in [-0.4, -0.2) is 55.9 Å². The monoisotopic (exact) mass is 869 g/mol. The number of aliphatic imine (C=N–C) groups is 1. The van der Waals surface area contributed by atoms with Crippen LogP contribution in [0.4, 0.5) is 5.82 Å². The quantitative estimate of drug-likeness (QED) is 0.121. The van der Waals surface area contributed by atoms with Gasteiger partial charge in [-0.3, -0.25) is 32.4 Å². The number of ether oxygens (including phenoxy) is 2. The molecule has 6 heterocycles. The second kappa shape index (κ2) is 20.3. The molecular weight excluding hydrogens is 814 g/mol. The SMILES string of the molecule is CCCCn1c(=O)c2c(n(C)c1=O)N=C(OC1CCCC1)C2.CCCCn1c(=O)c2c(nc(OC3CCCC3)n2Cc2nc(C)cs2)n(C)c1=O.Cc1csc(CCl)n1. The molecule has 8 rings (SSSR count). The van der Waals surface area contributed by atoms with Crippen molar-refractivity contribution in [2.45, 2.75) is 149 Å². The molecule has 0 N–H and O–H groups in total. The van der Waals surface area contributed by atoms with Crippen molar-refractivity contribution in [1.82, 2.24) is 37.8 Å². The minimum Gasteiger partial charge on any atom is -0.477 e. The van der Waals surface area contributed by atoms with E-state index >= 15 is 0 Å². The van der Waals surface area contributed by atoms with Crippen molar-refractivity contribution in [2.24, 2.45) is 19.1 Å². The third kappa shape index (κ3) is 10.3. The van der Waals surface area contributed by atoms with Gasteiger partial charge in [0.25, 0.3) is 17.1 Å². The van der Waals surface area contributed by atoms with Crippen molar-refractivity contribution in [1.29, 1.82) is 0 Å². The lowest BCUT2D eigenvalue weighted by atomic mass is 10.2. The summed E-state index contributed by atoms with van der Waals surface area (Å²) in [5.41, 5.74) is 2.23. The number of alkyl halides is 1. The average Bonchev–Trinajstić information content (AvgIpc) is 4.09. The van der Waals surface area contributed by atoms with Crippen LogP contribution in [0.15, 0.2) is 34.9 Å². The average molecular weight is 871 g/mol. The summed E-state index contributed by atoms with van der Waals surface area (Å²) in [5, 5.41) is 5.87. The van der Waals surface area contributed by atoms with Gasteiger partial charge in [0.15, 0.2) is 17.1 Å². The van der Waals surface area contributed by atoms with Crippen molar-refractivity contribution >= 4 is 57.2 Å². The molecule has 5 aromatic rings. The molecule has 0 aromatic carbocycles. The van der Waals surface area contributed by atoms with Crippen LogP contribution >= 0.6 is 34.3 Å². The van der Waals surface area contributed by atoms with E-state index in [-0.39, 0.29) is 34.7 Å². The molecule has 320 valence electrons. The van der Waals surface area contributed by atoms with Crippen LogP contribution in [0.1, 0.15) is 118 Å². The number of aromatic nitrogens is 8. The molecule has 15 nitrogen and oxygen atoms in total. The number of hydrogen-bond acceptors (Lipinski definition) is 12. The van der Waals surface area contributed by atoms with Crippen molar-refractivity contribution in [2.75, 3.05) is 0 Å². The number of hydrogen-bond donors (Lipinski definition) is 0. The molecule has 0 radical (unpaired) electrons. The first-order valence-electron chi connectivity index (χ1n) is 20.7. The molecule has 0 bridgehead atoms. The Bertz CT molecular complexity index is 2500. The molecule has 0 saturated heterocycles. The molecule has 2 saturated carbocycles. The fourth-order valence-corrected chi connectivity index (χ4v) is 9.16. The van der Waals surface area contributed by atoms with Gasteiger partial charge in [0, 0.05) is 49.3 Å². The summed E-state index contributed by atoms with van der Waals surface area (Å²) in [4.78, 5) is 68.6. The molecule has 0 amide bonds. The number of halogens is 1. The summed E-state index contributed by atoms with van der Waals surface area (Å²) in [6, 6.07) is 0.403. The van der Waals surface area contributed by atoms with Crippen LogP contribution in [0.5, 0.6) is 6.01 Å². The first-order valence-corrected chi connectivity index (χ1v) is 23.0. The standard InChI is InChI=1S/C20H27N5O3S.C16H23N3O3.C5H6ClNS/c1-4-5-10-24-18(26)16-17(23(3)20(24)27)22-19(28-14-8-6-7-9-14)25(16)11-15-21-13(2)12-29-15;1-3-4-9-19-15(20)12-10-13(22-11-7-5-6-8-11)17-14(12)18(2)16(19)21;1-4-3-8-5(2-6)7-4/h12,14H,4-11H2,1-3H3;11H,3-10H2,1-2H3;3H,2H2,1H3. The lowest BCUT2D eigenvalue weighted by molar-refractivity contribution is 0.186. The topological polar surface area (TPSA) is 162 Å². The van der Waals surface area contributed by atoms with Crippen molar-refractivity contribution in [3.8, 4) is 6.01 Å². The van der Waals surface area contributed by atoms with Gasteiger partial charge in [-0.25, -0.2) is 19.6 Å². The Morgan fingerprint density at radius 1 is 0.729 bits per heavy atom. The van der Waals surface area contributed by atoms with Crippen LogP contribution < -0.4 is 27.2 Å². The Morgan fingerprint density at radius 3 is 1.80 bits per heavy atom. The normalized spacial score (nSPS) is 15.2. The fourth-order valence-electron chi connectivity index (χ4n) is 7.54. The third-order valence-electron chi connectivity index (χ3n) is 10.8. The number of nitrogens with zero attached hydrogens (tertiary/aromatic N) is 9. The number of imidazole rings is 1. The van der Waals surface area contributed by atoms with Crippen LogP contribution in [-0.2, 0) is 50.8 Å². The highest BCUT2D eigenvalue weighted by atomic mass is 35.5. The van der Waals surface area contributed by atoms with E-state index in [2.05, 4.69) is 19.9 Å². The number of fused-ring (bicyclic) bond motifs is 2. The first-order chi connectivity index (χ1) is 28.4. The van der Waals surface area contributed by atoms with E-state index in [1.807, 2.05) is 38.5 Å². The zero-order chi connectivity index (χ0) is 42.2. The van der Waals surface area contributed by atoms with Gasteiger partial charge in [-0.05, 0) is 78.1 Å². The van der Waals surface area contributed by atoms with Crippen molar-refractivity contribution < 1.29 is 9.47 Å². The van der Waals surface area contributed by atoms with Gasteiger partial charge in [-0.1, -0.05) is 26.7 Å². The Hall–Kier alpha value is -4.35. The Morgan fingerprint density at radius 2 is 1.27 bits per heavy atom. The lowest BCUT2D eigenvalue weighted by Crippen LogP contribution is -2.40. The van der Waals surface area contributed by atoms with Crippen molar-refractivity contribution in [3.05, 3.63) is 79.4 Å². The molecular formula is C41H56ClN9O6S2. The molecule has 5 aromatic heterocycles. The van der Waals surface area contributed by atoms with Crippen LogP contribution in [0.2, 0.25) is 0 Å². The molecule has 3 aliphatic rings. The van der Waals surface area contributed by atoms with Gasteiger partial charge in [0.05, 0.1) is 24.4 Å². The van der Waals surface area contributed by atoms with E-state index in [9.17, 15) is 19.2 Å². The highest BCUT2D eigenvalue weighted by molar-refractivity contribution is 7.10. The van der Waals surface area contributed by atoms with Crippen LogP contribution in [0.25, 0.3) is 11.2 Å². The summed E-state index contributed by atoms with van der Waals surface area (Å²) < 4.78 is 19.5. The number of thiazole rings is 2. The Balaban J connectivity index is 0.000000171. The number of rotatable bonds is 12. The van der Waals surface area contributed by atoms with E-state index < -0.39 is 0 Å². The number of aryl methyl sites for hydroxylation is 3. The molecule has 18 heteroatoms. The van der Waals surface area contributed by atoms with Crippen LogP contribution in [0.3, 0.4) is 0 Å². The fraction of sp³-hybridized carbons (Fsp3) is 0.610. The summed E-state index contributed by atoms with van der Waals surface area (Å²) in [5.74, 6) is 1.59. The maximum absolute atomic E-state index is 13.3. The van der Waals surface area contributed by atoms with E-state index in [1.165, 1.54) is 31.1 Å². The van der Waals surface area contributed by atoms with Gasteiger partial charge in [0.2, 0.25) is 0 Å². The smallest absolute Gasteiger partial charge is 0.332 e. The maximum atomic E-state index is 13.3. The minimum absolute atomic E-state index is 0.0999. The second-order valence-electron chi connectivity index (χ2n) is 15.4. The molecule has 2 aliphatic carbocycles. The molecule has 1 aliphatic heterocycles. The van der Waals surface area contributed by atoms with Gasteiger partial charge < -0.3 is 9.47 Å². The van der Waals surface area contributed by atoms with E-state index in [4.69, 9.17) is 21.1 Å². The van der Waals surface area contributed by atoms with E-state index in [0.29, 0.717) is 66.4 Å². The van der Waals surface area contributed by atoms with Crippen molar-refractivity contribution in [3.63, 3.8) is 0 Å². The van der Waals surface area contributed by atoms with Gasteiger partial charge in [0.1, 0.15) is 28.0 Å². The van der Waals surface area contributed by atoms with E-state index in [0.717, 1.165) is 85.6 Å². The van der Waals surface area contributed by atoms with Crippen LogP contribution in [0, 0.1) is 13.8 Å². The largest absolute Gasteiger partial charge is 0.477 e. The summed E-state index contributed by atoms with van der Waals surface area (Å²) in [7, 11) is 3.34. The second-order valence-corrected chi connectivity index (χ2v) is 17.5. The summed E-state index contributed by atoms with van der Waals surface area (Å²) in [6.45, 7) is 9.26. The zero-order valence-corrected chi connectivity index (χ0v) is 37.4. The predicted molar refractivity (Wildman–Crippen MR) is 234 cm³/mol. The zero-order valence-electron chi connectivity index (χ0n) is 35.0.